The second-order valence-electron chi connectivity index (χ2n) is 6.39. The van der Waals surface area contributed by atoms with Gasteiger partial charge in [0.1, 0.15) is 0 Å². The van der Waals surface area contributed by atoms with Crippen LogP contribution < -0.4 is 10.2 Å². The summed E-state index contributed by atoms with van der Waals surface area (Å²) >= 11 is 0. The number of rotatable bonds is 7. The number of aliphatic hydroxyl groups excluding tert-OH is 1. The third-order valence-electron chi connectivity index (χ3n) is 4.51. The summed E-state index contributed by atoms with van der Waals surface area (Å²) < 4.78 is 0. The van der Waals surface area contributed by atoms with Crippen LogP contribution in [0.25, 0.3) is 0 Å². The molecule has 2 atom stereocenters. The third kappa shape index (κ3) is 5.01. The maximum absolute atomic E-state index is 8.94. The highest BCUT2D eigenvalue weighted by atomic mass is 16.3. The summed E-state index contributed by atoms with van der Waals surface area (Å²) in [5.74, 6) is 0.519. The predicted molar refractivity (Wildman–Crippen MR) is 89.8 cm³/mol. The fourth-order valence-corrected chi connectivity index (χ4v) is 2.94. The van der Waals surface area contributed by atoms with Crippen molar-refractivity contribution in [3.05, 3.63) is 29.8 Å². The lowest BCUT2D eigenvalue weighted by atomic mass is 10.0. The fourth-order valence-electron chi connectivity index (χ4n) is 2.94. The van der Waals surface area contributed by atoms with Crippen LogP contribution in [-0.2, 0) is 0 Å². The average Bonchev–Trinajstić information content (AvgIpc) is 2.54. The summed E-state index contributed by atoms with van der Waals surface area (Å²) in [5, 5.41) is 12.5. The van der Waals surface area contributed by atoms with E-state index in [1.165, 1.54) is 43.6 Å². The first-order chi connectivity index (χ1) is 10.2. The Labute approximate surface area is 129 Å². The lowest BCUT2D eigenvalue weighted by molar-refractivity contribution is 0.258. The Bertz CT molecular complexity index is 398. The number of hydrogen-bond acceptors (Lipinski definition) is 3. The van der Waals surface area contributed by atoms with Gasteiger partial charge in [-0.25, -0.2) is 0 Å². The highest BCUT2D eigenvalue weighted by Gasteiger charge is 2.12. The first-order valence-electron chi connectivity index (χ1n) is 8.40. The van der Waals surface area contributed by atoms with Gasteiger partial charge in [-0.3, -0.25) is 0 Å². The molecule has 3 nitrogen and oxygen atoms in total. The molecule has 1 heterocycles. The second-order valence-corrected chi connectivity index (χ2v) is 6.39. The van der Waals surface area contributed by atoms with E-state index >= 15 is 0 Å². The molecule has 0 saturated carbocycles. The molecule has 21 heavy (non-hydrogen) atoms. The van der Waals surface area contributed by atoms with Gasteiger partial charge in [-0.15, -0.1) is 0 Å². The molecule has 1 aliphatic heterocycles. The minimum Gasteiger partial charge on any atom is -0.396 e. The summed E-state index contributed by atoms with van der Waals surface area (Å²) in [6, 6.07) is 9.38. The molecule has 1 aromatic rings. The van der Waals surface area contributed by atoms with E-state index in [9.17, 15) is 0 Å². The van der Waals surface area contributed by atoms with E-state index in [0.29, 0.717) is 12.0 Å². The predicted octanol–water partition coefficient (Wildman–Crippen LogP) is 3.35. The number of nitrogens with one attached hydrogen (secondary N) is 1. The van der Waals surface area contributed by atoms with Gasteiger partial charge in [0, 0.05) is 31.4 Å². The van der Waals surface area contributed by atoms with E-state index in [2.05, 4.69) is 48.3 Å². The van der Waals surface area contributed by atoms with Crippen molar-refractivity contribution in [2.24, 2.45) is 5.92 Å². The number of piperidine rings is 1. The van der Waals surface area contributed by atoms with Crippen molar-refractivity contribution in [3.63, 3.8) is 0 Å². The SMILES string of the molecule is CC(CCO)CNC(C)c1ccc(N2CCCCC2)cc1. The number of benzene rings is 1. The van der Waals surface area contributed by atoms with Crippen LogP contribution >= 0.6 is 0 Å². The molecule has 0 spiro atoms. The van der Waals surface area contributed by atoms with Crippen molar-refractivity contribution in [3.8, 4) is 0 Å². The van der Waals surface area contributed by atoms with Gasteiger partial charge >= 0.3 is 0 Å². The molecule has 0 bridgehead atoms. The molecule has 2 N–H and O–H groups in total. The van der Waals surface area contributed by atoms with Crippen molar-refractivity contribution < 1.29 is 5.11 Å². The first kappa shape index (κ1) is 16.3. The highest BCUT2D eigenvalue weighted by Crippen LogP contribution is 2.22. The quantitative estimate of drug-likeness (QED) is 0.808. The molecular formula is C18H30N2O. The summed E-state index contributed by atoms with van der Waals surface area (Å²) in [7, 11) is 0. The maximum atomic E-state index is 8.94. The van der Waals surface area contributed by atoms with E-state index in [-0.39, 0.29) is 6.61 Å². The van der Waals surface area contributed by atoms with Gasteiger partial charge < -0.3 is 15.3 Å². The number of hydrogen-bond donors (Lipinski definition) is 2. The Morgan fingerprint density at radius 1 is 1.10 bits per heavy atom. The number of nitrogens with zero attached hydrogens (tertiary/aromatic N) is 1. The summed E-state index contributed by atoms with van der Waals surface area (Å²) in [6.07, 6.45) is 4.89. The molecule has 1 aromatic carbocycles. The standard InChI is InChI=1S/C18H30N2O/c1-15(10-13-21)14-19-16(2)17-6-8-18(9-7-17)20-11-4-3-5-12-20/h6-9,15-16,19,21H,3-5,10-14H2,1-2H3. The van der Waals surface area contributed by atoms with Crippen LogP contribution in [-0.4, -0.2) is 31.3 Å². The molecule has 118 valence electrons. The van der Waals surface area contributed by atoms with Crippen molar-refractivity contribution >= 4 is 5.69 Å². The van der Waals surface area contributed by atoms with E-state index in [1.54, 1.807) is 0 Å². The zero-order valence-electron chi connectivity index (χ0n) is 13.5. The van der Waals surface area contributed by atoms with E-state index in [1.807, 2.05) is 0 Å². The Balaban J connectivity index is 1.85. The number of anilines is 1. The van der Waals surface area contributed by atoms with Gasteiger partial charge in [-0.05, 0) is 62.8 Å². The molecule has 1 fully saturated rings. The Hall–Kier alpha value is -1.06. The van der Waals surface area contributed by atoms with Gasteiger partial charge in [0.05, 0.1) is 0 Å². The molecular weight excluding hydrogens is 260 g/mol. The van der Waals surface area contributed by atoms with Crippen LogP contribution in [0.3, 0.4) is 0 Å². The van der Waals surface area contributed by atoms with E-state index in [0.717, 1.165) is 13.0 Å². The van der Waals surface area contributed by atoms with Crippen molar-refractivity contribution in [1.29, 1.82) is 0 Å². The van der Waals surface area contributed by atoms with E-state index in [4.69, 9.17) is 5.11 Å². The van der Waals surface area contributed by atoms with Crippen molar-refractivity contribution in [1.82, 2.24) is 5.32 Å². The Morgan fingerprint density at radius 2 is 1.76 bits per heavy atom. The molecule has 0 radical (unpaired) electrons. The normalized spacial score (nSPS) is 18.5. The lowest BCUT2D eigenvalue weighted by Gasteiger charge is -2.29. The minimum atomic E-state index is 0.280. The molecule has 0 amide bonds. The van der Waals surface area contributed by atoms with Crippen LogP contribution in [0.5, 0.6) is 0 Å². The van der Waals surface area contributed by atoms with Crippen LogP contribution in [0.2, 0.25) is 0 Å². The van der Waals surface area contributed by atoms with Gasteiger partial charge in [-0.2, -0.15) is 0 Å². The molecule has 2 unspecified atom stereocenters. The molecule has 0 aliphatic carbocycles. The van der Waals surface area contributed by atoms with Gasteiger partial charge in [-0.1, -0.05) is 19.1 Å². The molecule has 3 heteroatoms. The third-order valence-corrected chi connectivity index (χ3v) is 4.51. The molecule has 1 saturated heterocycles. The Kier molecular flexibility index (Phi) is 6.52. The summed E-state index contributed by atoms with van der Waals surface area (Å²) in [4.78, 5) is 2.49. The van der Waals surface area contributed by atoms with Crippen molar-refractivity contribution in [2.75, 3.05) is 31.1 Å². The van der Waals surface area contributed by atoms with Crippen molar-refractivity contribution in [2.45, 2.75) is 45.6 Å². The largest absolute Gasteiger partial charge is 0.396 e. The highest BCUT2D eigenvalue weighted by molar-refractivity contribution is 5.48. The summed E-state index contributed by atoms with van der Waals surface area (Å²) in [5.41, 5.74) is 2.70. The molecule has 2 rings (SSSR count). The maximum Gasteiger partial charge on any atom is 0.0434 e. The van der Waals surface area contributed by atoms with Crippen LogP contribution in [0.4, 0.5) is 5.69 Å². The lowest BCUT2D eigenvalue weighted by Crippen LogP contribution is -2.29. The monoisotopic (exact) mass is 290 g/mol. The zero-order valence-corrected chi connectivity index (χ0v) is 13.5. The first-order valence-corrected chi connectivity index (χ1v) is 8.40. The zero-order chi connectivity index (χ0) is 15.1. The molecule has 1 aliphatic rings. The molecule has 0 aromatic heterocycles. The van der Waals surface area contributed by atoms with E-state index < -0.39 is 0 Å². The average molecular weight is 290 g/mol. The fraction of sp³-hybridized carbons (Fsp3) is 0.667. The van der Waals surface area contributed by atoms with Crippen LogP contribution in [0.1, 0.15) is 51.1 Å². The smallest absolute Gasteiger partial charge is 0.0434 e. The Morgan fingerprint density at radius 3 is 2.38 bits per heavy atom. The van der Waals surface area contributed by atoms with Gasteiger partial charge in [0.2, 0.25) is 0 Å². The minimum absolute atomic E-state index is 0.280. The van der Waals surface area contributed by atoms with Crippen LogP contribution in [0, 0.1) is 5.92 Å². The second kappa shape index (κ2) is 8.40. The van der Waals surface area contributed by atoms with Crippen LogP contribution in [0.15, 0.2) is 24.3 Å². The number of aliphatic hydroxyl groups is 1. The van der Waals surface area contributed by atoms with Gasteiger partial charge in [0.25, 0.3) is 0 Å². The topological polar surface area (TPSA) is 35.5 Å². The van der Waals surface area contributed by atoms with Gasteiger partial charge in [0.15, 0.2) is 0 Å². The summed E-state index contributed by atoms with van der Waals surface area (Å²) in [6.45, 7) is 8.02.